The van der Waals surface area contributed by atoms with Crippen LogP contribution in [0.5, 0.6) is 0 Å². The van der Waals surface area contributed by atoms with E-state index >= 15 is 0 Å². The van der Waals surface area contributed by atoms with Crippen LogP contribution in [-0.2, 0) is 6.16 Å². The van der Waals surface area contributed by atoms with Gasteiger partial charge in [-0.2, -0.15) is 0 Å². The van der Waals surface area contributed by atoms with Gasteiger partial charge < -0.3 is 0 Å². The van der Waals surface area contributed by atoms with Crippen molar-refractivity contribution in [2.45, 2.75) is 6.16 Å². The summed E-state index contributed by atoms with van der Waals surface area (Å²) in [5.41, 5.74) is 2.59. The van der Waals surface area contributed by atoms with Gasteiger partial charge in [-0.15, -0.1) is 0 Å². The molecule has 0 bridgehead atoms. The average Bonchev–Trinajstić information content (AvgIpc) is 2.82. The first-order valence-corrected chi connectivity index (χ1v) is 14.9. The van der Waals surface area contributed by atoms with Crippen LogP contribution < -0.4 is 10.6 Å². The zero-order valence-corrected chi connectivity index (χ0v) is 19.4. The van der Waals surface area contributed by atoms with E-state index in [-0.39, 0.29) is 0 Å². The molecule has 4 aromatic rings. The Labute approximate surface area is 188 Å². The number of hydrogen-bond acceptors (Lipinski definition) is 0. The van der Waals surface area contributed by atoms with E-state index in [4.69, 9.17) is 0 Å². The van der Waals surface area contributed by atoms with Gasteiger partial charge in [0, 0.05) is 0 Å². The molecule has 4 rings (SSSR count). The summed E-state index contributed by atoms with van der Waals surface area (Å²) in [6.45, 7) is 0. The second kappa shape index (κ2) is 9.13. The third kappa shape index (κ3) is 4.33. The van der Waals surface area contributed by atoms with Gasteiger partial charge in [-0.05, 0) is 0 Å². The summed E-state index contributed by atoms with van der Waals surface area (Å²) >= 11 is 4.50. The van der Waals surface area contributed by atoms with Gasteiger partial charge in [0.25, 0.3) is 0 Å². The normalized spacial score (nSPS) is 13.0. The quantitative estimate of drug-likeness (QED) is 0.245. The van der Waals surface area contributed by atoms with Crippen molar-refractivity contribution in [2.75, 3.05) is 6.16 Å². The van der Waals surface area contributed by atoms with E-state index in [1.807, 2.05) is 0 Å². The first-order chi connectivity index (χ1) is 14.7. The van der Waals surface area contributed by atoms with Crippen LogP contribution in [0.1, 0.15) is 11.1 Å². The molecule has 0 amide bonds. The van der Waals surface area contributed by atoms with E-state index in [2.05, 4.69) is 149 Å². The van der Waals surface area contributed by atoms with Gasteiger partial charge in [-0.1, -0.05) is 0 Å². The molecule has 30 heavy (non-hydrogen) atoms. The molecular formula is C28H26BrP. The maximum absolute atomic E-state index is 4.50. The summed E-state index contributed by atoms with van der Waals surface area (Å²) < 4.78 is 0. The number of halogens is 1. The molecule has 0 radical (unpaired) electrons. The van der Waals surface area contributed by atoms with Gasteiger partial charge in [0.05, 0.1) is 0 Å². The van der Waals surface area contributed by atoms with Crippen LogP contribution in [0.4, 0.5) is 0 Å². The van der Waals surface area contributed by atoms with E-state index in [1.54, 1.807) is 0 Å². The van der Waals surface area contributed by atoms with Gasteiger partial charge in [0.1, 0.15) is 0 Å². The Kier molecular flexibility index (Phi) is 6.32. The van der Waals surface area contributed by atoms with Crippen LogP contribution in [0.3, 0.4) is 0 Å². The Morgan fingerprint density at radius 2 is 1.00 bits per heavy atom. The second-order valence-corrected chi connectivity index (χ2v) is 17.3. The Hall–Kier alpha value is -2.47. The van der Waals surface area contributed by atoms with Crippen molar-refractivity contribution < 1.29 is 0 Å². The molecule has 0 N–H and O–H groups in total. The SMILES string of the molecule is BrP(CC=Cc1ccccc1)(Cc1ccccc1)(c1ccccc1)c1ccccc1. The summed E-state index contributed by atoms with van der Waals surface area (Å²) in [7, 11) is 0. The average molecular weight is 473 g/mol. The van der Waals surface area contributed by atoms with E-state index in [0.29, 0.717) is 0 Å². The van der Waals surface area contributed by atoms with E-state index in [1.165, 1.54) is 21.7 Å². The molecule has 0 aliphatic rings. The fraction of sp³-hybridized carbons (Fsp3) is 0.0714. The molecule has 4 aromatic carbocycles. The van der Waals surface area contributed by atoms with Crippen molar-refractivity contribution in [1.29, 1.82) is 0 Å². The van der Waals surface area contributed by atoms with Gasteiger partial charge >= 0.3 is 188 Å². The number of allylic oxidation sites excluding steroid dienone is 1. The van der Waals surface area contributed by atoms with Gasteiger partial charge in [-0.3, -0.25) is 0 Å². The number of hydrogen-bond donors (Lipinski definition) is 0. The fourth-order valence-electron chi connectivity index (χ4n) is 4.08. The van der Waals surface area contributed by atoms with Crippen molar-refractivity contribution >= 4 is 37.5 Å². The van der Waals surface area contributed by atoms with E-state index in [0.717, 1.165) is 12.3 Å². The van der Waals surface area contributed by atoms with Crippen LogP contribution in [0.2, 0.25) is 0 Å². The molecule has 0 spiro atoms. The maximum atomic E-state index is 4.50. The molecule has 0 heterocycles. The molecule has 0 saturated heterocycles. The summed E-state index contributed by atoms with van der Waals surface area (Å²) in [4.78, 5) is 0. The van der Waals surface area contributed by atoms with Gasteiger partial charge in [0.2, 0.25) is 0 Å². The molecule has 0 fully saturated rings. The van der Waals surface area contributed by atoms with E-state index < -0.39 is 5.31 Å². The Morgan fingerprint density at radius 1 is 0.567 bits per heavy atom. The Balaban J connectivity index is 1.88. The zero-order valence-electron chi connectivity index (χ0n) is 16.9. The molecule has 0 unspecified atom stereocenters. The molecule has 150 valence electrons. The second-order valence-electron chi connectivity index (χ2n) is 7.69. The summed E-state index contributed by atoms with van der Waals surface area (Å²) in [5, 5.41) is 0.0431. The predicted octanol–water partition coefficient (Wildman–Crippen LogP) is 7.41. The predicted molar refractivity (Wildman–Crippen MR) is 138 cm³/mol. The molecule has 0 aromatic heterocycles. The van der Waals surface area contributed by atoms with Crippen LogP contribution >= 0.6 is 20.8 Å². The molecule has 2 heteroatoms. The van der Waals surface area contributed by atoms with Crippen molar-refractivity contribution in [3.05, 3.63) is 139 Å². The van der Waals surface area contributed by atoms with Crippen molar-refractivity contribution in [1.82, 2.24) is 0 Å². The third-order valence-electron chi connectivity index (χ3n) is 5.65. The topological polar surface area (TPSA) is 0 Å². The Bertz CT molecular complexity index is 1050. The van der Waals surface area contributed by atoms with Crippen LogP contribution in [0.25, 0.3) is 6.08 Å². The molecule has 0 atom stereocenters. The van der Waals surface area contributed by atoms with Crippen molar-refractivity contribution in [3.8, 4) is 0 Å². The zero-order chi connectivity index (χ0) is 20.7. The molecule has 0 nitrogen and oxygen atoms in total. The number of rotatable bonds is 7. The van der Waals surface area contributed by atoms with Crippen LogP contribution in [0, 0.1) is 0 Å². The summed E-state index contributed by atoms with van der Waals surface area (Å²) in [6, 6.07) is 43.4. The first kappa shape index (κ1) is 20.8. The van der Waals surface area contributed by atoms with Crippen molar-refractivity contribution in [2.24, 2.45) is 0 Å². The molecular weight excluding hydrogens is 447 g/mol. The minimum atomic E-state index is -2.73. The van der Waals surface area contributed by atoms with Crippen LogP contribution in [-0.4, -0.2) is 6.16 Å². The monoisotopic (exact) mass is 472 g/mol. The summed E-state index contributed by atoms with van der Waals surface area (Å²) in [5.74, 6) is 0. The number of benzene rings is 4. The van der Waals surface area contributed by atoms with Gasteiger partial charge in [0.15, 0.2) is 0 Å². The van der Waals surface area contributed by atoms with E-state index in [9.17, 15) is 0 Å². The first-order valence-electron chi connectivity index (χ1n) is 10.3. The third-order valence-corrected chi connectivity index (χ3v) is 14.7. The van der Waals surface area contributed by atoms with Crippen molar-refractivity contribution in [3.63, 3.8) is 0 Å². The van der Waals surface area contributed by atoms with Crippen LogP contribution in [0.15, 0.2) is 127 Å². The minimum absolute atomic E-state index is 0.948. The van der Waals surface area contributed by atoms with Gasteiger partial charge in [-0.25, -0.2) is 0 Å². The Morgan fingerprint density at radius 3 is 1.50 bits per heavy atom. The fourth-order valence-corrected chi connectivity index (χ4v) is 11.3. The standard InChI is InChI=1S/C28H26BrP/c29-30(27-19-9-3-10-20-27,28-21-11-4-12-22-28,24-26-16-7-2-8-17-26)23-13-18-25-14-5-1-6-15-25/h1-22H,23-24H2. The molecule has 0 aliphatic carbocycles. The summed E-state index contributed by atoms with van der Waals surface area (Å²) in [6.07, 6.45) is 6.52. The molecule has 0 aliphatic heterocycles. The molecule has 0 saturated carbocycles.